The van der Waals surface area contributed by atoms with Gasteiger partial charge in [-0.25, -0.2) is 4.39 Å². The fourth-order valence-corrected chi connectivity index (χ4v) is 2.98. The van der Waals surface area contributed by atoms with Crippen LogP contribution in [0.25, 0.3) is 0 Å². The molecule has 0 bridgehead atoms. The van der Waals surface area contributed by atoms with E-state index in [0.717, 1.165) is 24.9 Å². The van der Waals surface area contributed by atoms with Crippen LogP contribution in [0.2, 0.25) is 0 Å². The van der Waals surface area contributed by atoms with Crippen LogP contribution >= 0.6 is 15.9 Å². The Kier molecular flexibility index (Phi) is 7.62. The third kappa shape index (κ3) is 5.23. The SMILES string of the molecule is CCCNC(CC(C)CCC)c1cccc(F)c1Br. The molecule has 0 aliphatic heterocycles. The summed E-state index contributed by atoms with van der Waals surface area (Å²) in [6, 6.07) is 5.53. The largest absolute Gasteiger partial charge is 0.310 e. The normalized spacial score (nSPS) is 14.4. The monoisotopic (exact) mass is 329 g/mol. The Labute approximate surface area is 125 Å². The molecule has 0 amide bonds. The molecule has 1 rings (SSSR count). The van der Waals surface area contributed by atoms with Gasteiger partial charge in [0.05, 0.1) is 4.47 Å². The van der Waals surface area contributed by atoms with Crippen LogP contribution in [0.3, 0.4) is 0 Å². The fourth-order valence-electron chi connectivity index (χ4n) is 2.44. The maximum Gasteiger partial charge on any atom is 0.137 e. The number of hydrogen-bond acceptors (Lipinski definition) is 1. The van der Waals surface area contributed by atoms with E-state index in [0.29, 0.717) is 10.4 Å². The van der Waals surface area contributed by atoms with Gasteiger partial charge >= 0.3 is 0 Å². The predicted molar refractivity (Wildman–Crippen MR) is 83.8 cm³/mol. The van der Waals surface area contributed by atoms with Crippen molar-refractivity contribution in [3.8, 4) is 0 Å². The van der Waals surface area contributed by atoms with E-state index in [2.05, 4.69) is 42.0 Å². The highest BCUT2D eigenvalue weighted by atomic mass is 79.9. The lowest BCUT2D eigenvalue weighted by Crippen LogP contribution is -2.24. The van der Waals surface area contributed by atoms with Crippen molar-refractivity contribution in [3.63, 3.8) is 0 Å². The van der Waals surface area contributed by atoms with Gasteiger partial charge in [-0.3, -0.25) is 0 Å². The van der Waals surface area contributed by atoms with E-state index in [1.165, 1.54) is 18.9 Å². The van der Waals surface area contributed by atoms with Crippen LogP contribution in [0.15, 0.2) is 22.7 Å². The molecule has 0 aliphatic rings. The topological polar surface area (TPSA) is 12.0 Å². The molecule has 0 aliphatic carbocycles. The van der Waals surface area contributed by atoms with Gasteiger partial charge in [-0.1, -0.05) is 45.7 Å². The summed E-state index contributed by atoms with van der Waals surface area (Å²) >= 11 is 3.39. The van der Waals surface area contributed by atoms with Gasteiger partial charge in [0.15, 0.2) is 0 Å². The molecule has 2 unspecified atom stereocenters. The van der Waals surface area contributed by atoms with Crippen molar-refractivity contribution in [1.82, 2.24) is 5.32 Å². The van der Waals surface area contributed by atoms with Crippen LogP contribution in [-0.2, 0) is 0 Å². The Balaban J connectivity index is 2.85. The first-order valence-corrected chi connectivity index (χ1v) is 8.06. The van der Waals surface area contributed by atoms with Crippen molar-refractivity contribution in [2.45, 2.75) is 52.5 Å². The first-order chi connectivity index (χ1) is 9.10. The van der Waals surface area contributed by atoms with E-state index in [4.69, 9.17) is 0 Å². The highest BCUT2D eigenvalue weighted by molar-refractivity contribution is 9.10. The fraction of sp³-hybridized carbons (Fsp3) is 0.625. The summed E-state index contributed by atoms with van der Waals surface area (Å²) in [4.78, 5) is 0. The second-order valence-electron chi connectivity index (χ2n) is 5.28. The maximum absolute atomic E-state index is 13.7. The van der Waals surface area contributed by atoms with Crippen LogP contribution in [0.5, 0.6) is 0 Å². The zero-order valence-electron chi connectivity index (χ0n) is 12.2. The van der Waals surface area contributed by atoms with E-state index < -0.39 is 0 Å². The summed E-state index contributed by atoms with van der Waals surface area (Å²) < 4.78 is 14.3. The van der Waals surface area contributed by atoms with Crippen LogP contribution in [0.1, 0.15) is 58.1 Å². The standard InChI is InChI=1S/C16H25BrFN/c1-4-7-12(3)11-15(19-10-5-2)13-8-6-9-14(18)16(13)17/h6,8-9,12,15,19H,4-5,7,10-11H2,1-3H3. The average Bonchev–Trinajstić information content (AvgIpc) is 2.38. The second kappa shape index (κ2) is 8.70. The number of benzene rings is 1. The molecule has 1 nitrogen and oxygen atoms in total. The van der Waals surface area contributed by atoms with Crippen molar-refractivity contribution in [2.24, 2.45) is 5.92 Å². The molecule has 0 fully saturated rings. The van der Waals surface area contributed by atoms with E-state index in [1.54, 1.807) is 6.07 Å². The molecule has 0 aromatic heterocycles. The Bertz CT molecular complexity index is 381. The highest BCUT2D eigenvalue weighted by Gasteiger charge is 2.18. The molecule has 0 heterocycles. The third-order valence-corrected chi connectivity index (χ3v) is 4.25. The summed E-state index contributed by atoms with van der Waals surface area (Å²) in [5, 5.41) is 3.55. The smallest absolute Gasteiger partial charge is 0.137 e. The van der Waals surface area contributed by atoms with Gasteiger partial charge in [-0.2, -0.15) is 0 Å². The molecule has 0 saturated heterocycles. The van der Waals surface area contributed by atoms with Crippen molar-refractivity contribution in [2.75, 3.05) is 6.54 Å². The van der Waals surface area contributed by atoms with Crippen LogP contribution < -0.4 is 5.32 Å². The van der Waals surface area contributed by atoms with Crippen molar-refractivity contribution in [1.29, 1.82) is 0 Å². The van der Waals surface area contributed by atoms with E-state index in [9.17, 15) is 4.39 Å². The maximum atomic E-state index is 13.7. The highest BCUT2D eigenvalue weighted by Crippen LogP contribution is 2.31. The van der Waals surface area contributed by atoms with Crippen LogP contribution in [0.4, 0.5) is 4.39 Å². The summed E-state index contributed by atoms with van der Waals surface area (Å²) in [5.41, 5.74) is 1.04. The predicted octanol–water partition coefficient (Wildman–Crippen LogP) is 5.46. The minimum atomic E-state index is -0.177. The van der Waals surface area contributed by atoms with E-state index >= 15 is 0 Å². The summed E-state index contributed by atoms with van der Waals surface area (Å²) in [6.07, 6.45) is 4.56. The van der Waals surface area contributed by atoms with Crippen LogP contribution in [-0.4, -0.2) is 6.54 Å². The second-order valence-corrected chi connectivity index (χ2v) is 6.07. The van der Waals surface area contributed by atoms with Crippen molar-refractivity contribution in [3.05, 3.63) is 34.1 Å². The molecule has 108 valence electrons. The zero-order valence-corrected chi connectivity index (χ0v) is 13.8. The minimum Gasteiger partial charge on any atom is -0.310 e. The van der Waals surface area contributed by atoms with Gasteiger partial charge in [-0.05, 0) is 52.9 Å². The molecule has 2 atom stereocenters. The summed E-state index contributed by atoms with van der Waals surface area (Å²) in [7, 11) is 0. The van der Waals surface area contributed by atoms with Gasteiger partial charge < -0.3 is 5.32 Å². The molecule has 3 heteroatoms. The lowest BCUT2D eigenvalue weighted by molar-refractivity contribution is 0.388. The van der Waals surface area contributed by atoms with Crippen LogP contribution in [0, 0.1) is 11.7 Å². The zero-order chi connectivity index (χ0) is 14.3. The Morgan fingerprint density at radius 1 is 1.26 bits per heavy atom. The minimum absolute atomic E-state index is 0.177. The molecule has 0 saturated carbocycles. The summed E-state index contributed by atoms with van der Waals surface area (Å²) in [6.45, 7) is 7.60. The first-order valence-electron chi connectivity index (χ1n) is 7.27. The van der Waals surface area contributed by atoms with Crippen molar-refractivity contribution >= 4 is 15.9 Å². The van der Waals surface area contributed by atoms with Gasteiger partial charge in [-0.15, -0.1) is 0 Å². The average molecular weight is 330 g/mol. The number of hydrogen-bond donors (Lipinski definition) is 1. The van der Waals surface area contributed by atoms with Crippen molar-refractivity contribution < 1.29 is 4.39 Å². The van der Waals surface area contributed by atoms with Gasteiger partial charge in [0, 0.05) is 6.04 Å². The molecule has 1 aromatic rings. The Morgan fingerprint density at radius 3 is 2.63 bits per heavy atom. The van der Waals surface area contributed by atoms with Gasteiger partial charge in [0.25, 0.3) is 0 Å². The number of rotatable bonds is 8. The summed E-state index contributed by atoms with van der Waals surface area (Å²) in [5.74, 6) is 0.471. The Morgan fingerprint density at radius 2 is 2.00 bits per heavy atom. The molecule has 1 N–H and O–H groups in total. The lowest BCUT2D eigenvalue weighted by Gasteiger charge is -2.23. The molecule has 19 heavy (non-hydrogen) atoms. The Hall–Kier alpha value is -0.410. The number of nitrogens with one attached hydrogen (secondary N) is 1. The number of halogens is 2. The van der Waals surface area contributed by atoms with E-state index in [-0.39, 0.29) is 11.9 Å². The molecule has 0 radical (unpaired) electrons. The van der Waals surface area contributed by atoms with Gasteiger partial charge in [0.2, 0.25) is 0 Å². The van der Waals surface area contributed by atoms with E-state index in [1.807, 2.05) is 6.07 Å². The molecular weight excluding hydrogens is 305 g/mol. The first kappa shape index (κ1) is 16.6. The van der Waals surface area contributed by atoms with Gasteiger partial charge in [0.1, 0.15) is 5.82 Å². The molecular formula is C16H25BrFN. The lowest BCUT2D eigenvalue weighted by atomic mass is 9.93. The third-order valence-electron chi connectivity index (χ3n) is 3.42. The molecule has 0 spiro atoms. The quantitative estimate of drug-likeness (QED) is 0.668. The molecule has 1 aromatic carbocycles.